The number of pyridine rings is 1. The number of amides is 1. The van der Waals surface area contributed by atoms with Gasteiger partial charge in [0, 0.05) is 19.2 Å². The quantitative estimate of drug-likeness (QED) is 0.503. The number of rotatable bonds is 5. The fourth-order valence-electron chi connectivity index (χ4n) is 2.22. The van der Waals surface area contributed by atoms with Crippen molar-refractivity contribution in [3.8, 4) is 6.07 Å². The minimum atomic E-state index is -0.120. The molecule has 0 spiro atoms. The van der Waals surface area contributed by atoms with Crippen LogP contribution < -0.4 is 10.3 Å². The van der Waals surface area contributed by atoms with E-state index in [1.807, 2.05) is 26.0 Å². The van der Waals surface area contributed by atoms with Crippen LogP contribution in [0.4, 0.5) is 11.5 Å². The third-order valence-corrected chi connectivity index (χ3v) is 3.59. The van der Waals surface area contributed by atoms with E-state index >= 15 is 0 Å². The normalized spacial score (nSPS) is 10.5. The summed E-state index contributed by atoms with van der Waals surface area (Å²) in [7, 11) is 0. The number of halogens is 1. The molecule has 6 nitrogen and oxygen atoms in total. The SMILES string of the molecule is CCN(/N=C/c1ccc(NC(C)=O)cc1)c1nc(Cl)cc(C)c1C#N. The van der Waals surface area contributed by atoms with Gasteiger partial charge >= 0.3 is 0 Å². The second-order valence-electron chi connectivity index (χ2n) is 5.34. The van der Waals surface area contributed by atoms with Crippen molar-refractivity contribution in [1.29, 1.82) is 5.26 Å². The van der Waals surface area contributed by atoms with Crippen LogP contribution in [0.3, 0.4) is 0 Å². The van der Waals surface area contributed by atoms with Crippen LogP contribution in [0.15, 0.2) is 35.4 Å². The first kappa shape index (κ1) is 18.4. The molecule has 0 atom stereocenters. The Labute approximate surface area is 151 Å². The van der Waals surface area contributed by atoms with Gasteiger partial charge in [-0.25, -0.2) is 9.99 Å². The molecule has 0 aliphatic heterocycles. The van der Waals surface area contributed by atoms with Crippen molar-refractivity contribution in [1.82, 2.24) is 4.98 Å². The van der Waals surface area contributed by atoms with Crippen molar-refractivity contribution >= 4 is 35.2 Å². The molecular formula is C18H18ClN5O. The molecule has 1 amide bonds. The zero-order chi connectivity index (χ0) is 18.4. The Morgan fingerprint density at radius 2 is 2.12 bits per heavy atom. The maximum absolute atomic E-state index is 11.0. The van der Waals surface area contributed by atoms with E-state index in [0.717, 1.165) is 16.8 Å². The van der Waals surface area contributed by atoms with Gasteiger partial charge in [-0.15, -0.1) is 0 Å². The number of anilines is 2. The molecule has 2 aromatic rings. The zero-order valence-electron chi connectivity index (χ0n) is 14.2. The average molecular weight is 356 g/mol. The molecule has 0 saturated heterocycles. The summed E-state index contributed by atoms with van der Waals surface area (Å²) in [4.78, 5) is 15.3. The number of carbonyl (C=O) groups excluding carboxylic acids is 1. The summed E-state index contributed by atoms with van der Waals surface area (Å²) in [6.07, 6.45) is 1.67. The molecule has 0 radical (unpaired) electrons. The van der Waals surface area contributed by atoms with Gasteiger partial charge in [0.25, 0.3) is 0 Å². The van der Waals surface area contributed by atoms with Crippen LogP contribution in [0.25, 0.3) is 0 Å². The zero-order valence-corrected chi connectivity index (χ0v) is 15.0. The molecule has 0 aliphatic rings. The van der Waals surface area contributed by atoms with Gasteiger partial charge in [0.1, 0.15) is 11.2 Å². The van der Waals surface area contributed by atoms with Crippen LogP contribution in [0, 0.1) is 18.3 Å². The largest absolute Gasteiger partial charge is 0.326 e. The summed E-state index contributed by atoms with van der Waals surface area (Å²) in [5.41, 5.74) is 2.77. The van der Waals surface area contributed by atoms with E-state index in [1.54, 1.807) is 29.4 Å². The number of nitrogens with zero attached hydrogens (tertiary/aromatic N) is 4. The lowest BCUT2D eigenvalue weighted by atomic mass is 10.1. The number of hydrogen-bond donors (Lipinski definition) is 1. The van der Waals surface area contributed by atoms with Gasteiger partial charge in [-0.05, 0) is 43.2 Å². The van der Waals surface area contributed by atoms with Gasteiger partial charge in [0.2, 0.25) is 5.91 Å². The van der Waals surface area contributed by atoms with Gasteiger partial charge < -0.3 is 5.32 Å². The summed E-state index contributed by atoms with van der Waals surface area (Å²) in [5.74, 6) is 0.311. The summed E-state index contributed by atoms with van der Waals surface area (Å²) in [6.45, 7) is 5.72. The van der Waals surface area contributed by atoms with Gasteiger partial charge in [0.15, 0.2) is 5.82 Å². The lowest BCUT2D eigenvalue weighted by Gasteiger charge is -2.18. The van der Waals surface area contributed by atoms with Gasteiger partial charge in [-0.1, -0.05) is 23.7 Å². The van der Waals surface area contributed by atoms with E-state index in [-0.39, 0.29) is 5.91 Å². The maximum atomic E-state index is 11.0. The van der Waals surface area contributed by atoms with Gasteiger partial charge in [-0.2, -0.15) is 10.4 Å². The Kier molecular flexibility index (Phi) is 6.09. The lowest BCUT2D eigenvalue weighted by molar-refractivity contribution is -0.114. The molecular weight excluding hydrogens is 338 g/mol. The Balaban J connectivity index is 2.27. The van der Waals surface area contributed by atoms with E-state index in [1.165, 1.54) is 6.92 Å². The fraction of sp³-hybridized carbons (Fsp3) is 0.222. The molecule has 1 N–H and O–H groups in total. The lowest BCUT2D eigenvalue weighted by Crippen LogP contribution is -2.19. The van der Waals surface area contributed by atoms with Crippen molar-refractivity contribution in [2.24, 2.45) is 5.10 Å². The highest BCUT2D eigenvalue weighted by Crippen LogP contribution is 2.24. The van der Waals surface area contributed by atoms with Crippen LogP contribution in [-0.2, 0) is 4.79 Å². The Morgan fingerprint density at radius 1 is 1.44 bits per heavy atom. The standard InChI is InChI=1S/C18H18ClN5O/c1-4-24(18-16(10-20)12(2)9-17(19)23-18)21-11-14-5-7-15(8-6-14)22-13(3)25/h5-9,11H,4H2,1-3H3,(H,22,25)/b21-11+. The molecule has 1 aromatic carbocycles. The van der Waals surface area contributed by atoms with Crippen molar-refractivity contribution in [2.45, 2.75) is 20.8 Å². The van der Waals surface area contributed by atoms with Crippen molar-refractivity contribution in [2.75, 3.05) is 16.9 Å². The highest BCUT2D eigenvalue weighted by Gasteiger charge is 2.14. The number of benzene rings is 1. The Morgan fingerprint density at radius 3 is 2.68 bits per heavy atom. The summed E-state index contributed by atoms with van der Waals surface area (Å²) in [5, 5.41) is 18.4. The number of hydrogen-bond acceptors (Lipinski definition) is 5. The first-order chi connectivity index (χ1) is 11.9. The molecule has 0 fully saturated rings. The Hall–Kier alpha value is -2.91. The summed E-state index contributed by atoms with van der Waals surface area (Å²) >= 11 is 6.02. The molecule has 0 saturated carbocycles. The molecule has 128 valence electrons. The summed E-state index contributed by atoms with van der Waals surface area (Å²) < 4.78 is 0. The smallest absolute Gasteiger partial charge is 0.221 e. The number of nitrogens with one attached hydrogen (secondary N) is 1. The Bertz CT molecular complexity index is 840. The van der Waals surface area contributed by atoms with E-state index in [9.17, 15) is 10.1 Å². The summed E-state index contributed by atoms with van der Waals surface area (Å²) in [6, 6.07) is 11.1. The third-order valence-electron chi connectivity index (χ3n) is 3.40. The molecule has 1 aromatic heterocycles. The number of carbonyl (C=O) groups is 1. The second kappa shape index (κ2) is 8.27. The number of aromatic nitrogens is 1. The molecule has 0 bridgehead atoms. The predicted octanol–water partition coefficient (Wildman–Crippen LogP) is 3.73. The van der Waals surface area contributed by atoms with Crippen molar-refractivity contribution in [3.63, 3.8) is 0 Å². The molecule has 7 heteroatoms. The molecule has 2 rings (SSSR count). The fourth-order valence-corrected chi connectivity index (χ4v) is 2.46. The van der Waals surface area contributed by atoms with Gasteiger partial charge in [0.05, 0.1) is 11.8 Å². The minimum absolute atomic E-state index is 0.120. The van der Waals surface area contributed by atoms with E-state index in [0.29, 0.717) is 23.1 Å². The van der Waals surface area contributed by atoms with E-state index in [4.69, 9.17) is 11.6 Å². The number of hydrazone groups is 1. The second-order valence-corrected chi connectivity index (χ2v) is 5.72. The van der Waals surface area contributed by atoms with Crippen LogP contribution >= 0.6 is 11.6 Å². The average Bonchev–Trinajstić information content (AvgIpc) is 2.56. The first-order valence-corrected chi connectivity index (χ1v) is 8.08. The third kappa shape index (κ3) is 4.78. The molecule has 0 unspecified atom stereocenters. The van der Waals surface area contributed by atoms with Crippen LogP contribution in [0.2, 0.25) is 5.15 Å². The van der Waals surface area contributed by atoms with E-state index in [2.05, 4.69) is 21.5 Å². The molecule has 25 heavy (non-hydrogen) atoms. The predicted molar refractivity (Wildman–Crippen MR) is 100 cm³/mol. The van der Waals surface area contributed by atoms with Crippen molar-refractivity contribution < 1.29 is 4.79 Å². The highest BCUT2D eigenvalue weighted by molar-refractivity contribution is 6.29. The van der Waals surface area contributed by atoms with Crippen LogP contribution in [0.1, 0.15) is 30.5 Å². The molecule has 0 aliphatic carbocycles. The first-order valence-electron chi connectivity index (χ1n) is 7.71. The van der Waals surface area contributed by atoms with Crippen LogP contribution in [-0.4, -0.2) is 23.7 Å². The molecule has 1 heterocycles. The topological polar surface area (TPSA) is 81.4 Å². The van der Waals surface area contributed by atoms with E-state index < -0.39 is 0 Å². The monoisotopic (exact) mass is 355 g/mol. The van der Waals surface area contributed by atoms with Crippen LogP contribution in [0.5, 0.6) is 0 Å². The van der Waals surface area contributed by atoms with Crippen molar-refractivity contribution in [3.05, 3.63) is 52.2 Å². The minimum Gasteiger partial charge on any atom is -0.326 e. The maximum Gasteiger partial charge on any atom is 0.221 e. The number of aryl methyl sites for hydroxylation is 1. The highest BCUT2D eigenvalue weighted by atomic mass is 35.5. The number of nitriles is 1. The van der Waals surface area contributed by atoms with Gasteiger partial charge in [-0.3, -0.25) is 4.79 Å².